The number of aliphatic imine (C=N–C) groups is 1. The Labute approximate surface area is 168 Å². The molecule has 1 aliphatic heterocycles. The highest BCUT2D eigenvalue weighted by Gasteiger charge is 2.20. The quantitative estimate of drug-likeness (QED) is 0.283. The molecule has 2 rings (SSSR count). The number of unbranched alkanes of at least 4 members (excludes halogenated alkanes) is 3. The molecule has 0 radical (unpaired) electrons. The van der Waals surface area contributed by atoms with E-state index in [9.17, 15) is 4.79 Å². The van der Waals surface area contributed by atoms with Crippen LogP contribution in [0.5, 0.6) is 0 Å². The Hall–Kier alpha value is -2.38. The van der Waals surface area contributed by atoms with Crippen molar-refractivity contribution in [2.24, 2.45) is 4.99 Å². The van der Waals surface area contributed by atoms with Gasteiger partial charge in [0.1, 0.15) is 0 Å². The number of guanidine groups is 1. The van der Waals surface area contributed by atoms with E-state index in [1.807, 2.05) is 13.0 Å². The molecule has 8 nitrogen and oxygen atoms in total. The smallest absolute Gasteiger partial charge is 0.305 e. The predicted molar refractivity (Wildman–Crippen MR) is 112 cm³/mol. The maximum Gasteiger partial charge on any atom is 0.305 e. The number of carbonyl (C=O) groups is 1. The number of rotatable bonds is 10. The Bertz CT molecular complexity index is 588. The molecule has 1 N–H and O–H groups in total. The van der Waals surface area contributed by atoms with Gasteiger partial charge in [-0.05, 0) is 32.8 Å². The Kier molecular flexibility index (Phi) is 10.1. The van der Waals surface area contributed by atoms with Crippen molar-refractivity contribution in [3.05, 3.63) is 18.5 Å². The summed E-state index contributed by atoms with van der Waals surface area (Å²) in [5, 5.41) is 3.40. The zero-order chi connectivity index (χ0) is 20.0. The number of piperazine rings is 1. The van der Waals surface area contributed by atoms with Crippen molar-refractivity contribution in [1.29, 1.82) is 0 Å². The zero-order valence-electron chi connectivity index (χ0n) is 17.3. The van der Waals surface area contributed by atoms with Gasteiger partial charge in [0.15, 0.2) is 5.96 Å². The molecule has 0 atom stereocenters. The van der Waals surface area contributed by atoms with Crippen molar-refractivity contribution in [3.8, 4) is 0 Å². The highest BCUT2D eigenvalue weighted by atomic mass is 16.5. The molecule has 1 saturated heterocycles. The van der Waals surface area contributed by atoms with Crippen LogP contribution in [-0.2, 0) is 9.53 Å². The summed E-state index contributed by atoms with van der Waals surface area (Å²) in [5.41, 5.74) is 0. The van der Waals surface area contributed by atoms with Crippen LogP contribution in [0.2, 0.25) is 0 Å². The summed E-state index contributed by atoms with van der Waals surface area (Å²) in [4.78, 5) is 29.3. The van der Waals surface area contributed by atoms with Crippen molar-refractivity contribution in [2.75, 3.05) is 50.8 Å². The molecular weight excluding hydrogens is 356 g/mol. The summed E-state index contributed by atoms with van der Waals surface area (Å²) in [6, 6.07) is 1.84. The number of ether oxygens (including phenoxy) is 1. The van der Waals surface area contributed by atoms with Crippen LogP contribution in [-0.4, -0.2) is 72.7 Å². The fourth-order valence-corrected chi connectivity index (χ4v) is 3.15. The highest BCUT2D eigenvalue weighted by Crippen LogP contribution is 2.10. The normalized spacial score (nSPS) is 14.9. The Morgan fingerprint density at radius 2 is 1.82 bits per heavy atom. The number of hydrogen-bond donors (Lipinski definition) is 1. The third kappa shape index (κ3) is 7.70. The number of aromatic nitrogens is 2. The minimum atomic E-state index is -0.0880. The summed E-state index contributed by atoms with van der Waals surface area (Å²) in [6.07, 6.45) is 8.15. The molecule has 1 fully saturated rings. The lowest BCUT2D eigenvalue weighted by Crippen LogP contribution is -2.53. The molecule has 0 aliphatic carbocycles. The molecule has 1 aliphatic rings. The molecule has 1 aromatic heterocycles. The third-order valence-electron chi connectivity index (χ3n) is 4.60. The lowest BCUT2D eigenvalue weighted by Gasteiger charge is -2.36. The lowest BCUT2D eigenvalue weighted by molar-refractivity contribution is -0.143. The van der Waals surface area contributed by atoms with E-state index >= 15 is 0 Å². The number of hydrogen-bond acceptors (Lipinski definition) is 6. The topological polar surface area (TPSA) is 83.0 Å². The molecule has 0 aromatic carbocycles. The van der Waals surface area contributed by atoms with Crippen molar-refractivity contribution in [2.45, 2.75) is 46.0 Å². The van der Waals surface area contributed by atoms with Gasteiger partial charge >= 0.3 is 5.97 Å². The van der Waals surface area contributed by atoms with Crippen molar-refractivity contribution >= 4 is 17.9 Å². The Balaban J connectivity index is 1.68. The molecule has 28 heavy (non-hydrogen) atoms. The minimum absolute atomic E-state index is 0.0880. The molecule has 2 heterocycles. The monoisotopic (exact) mass is 390 g/mol. The molecule has 0 saturated carbocycles. The summed E-state index contributed by atoms with van der Waals surface area (Å²) in [6.45, 7) is 9.67. The number of esters is 1. The summed E-state index contributed by atoms with van der Waals surface area (Å²) in [7, 11) is 0. The first-order chi connectivity index (χ1) is 13.7. The first-order valence-corrected chi connectivity index (χ1v) is 10.5. The molecule has 1 aromatic rings. The van der Waals surface area contributed by atoms with E-state index in [0.29, 0.717) is 13.0 Å². The fourth-order valence-electron chi connectivity index (χ4n) is 3.15. The molecule has 156 valence electrons. The Morgan fingerprint density at radius 1 is 1.11 bits per heavy atom. The van der Waals surface area contributed by atoms with Gasteiger partial charge in [0.25, 0.3) is 0 Å². The van der Waals surface area contributed by atoms with Crippen LogP contribution in [0.15, 0.2) is 23.5 Å². The van der Waals surface area contributed by atoms with E-state index < -0.39 is 0 Å². The average Bonchev–Trinajstić information content (AvgIpc) is 2.73. The molecular formula is C20H34N6O2. The van der Waals surface area contributed by atoms with Gasteiger partial charge in [-0.25, -0.2) is 9.97 Å². The molecule has 0 amide bonds. The van der Waals surface area contributed by atoms with Crippen LogP contribution in [0.1, 0.15) is 46.0 Å². The summed E-state index contributed by atoms with van der Waals surface area (Å²) >= 11 is 0. The number of carbonyl (C=O) groups excluding carboxylic acids is 1. The van der Waals surface area contributed by atoms with Crippen molar-refractivity contribution in [3.63, 3.8) is 0 Å². The molecule has 8 heteroatoms. The van der Waals surface area contributed by atoms with E-state index in [1.54, 1.807) is 12.4 Å². The molecule has 0 unspecified atom stereocenters. The van der Waals surface area contributed by atoms with Gasteiger partial charge in [-0.15, -0.1) is 0 Å². The highest BCUT2D eigenvalue weighted by molar-refractivity contribution is 5.80. The molecule has 0 bridgehead atoms. The van der Waals surface area contributed by atoms with Crippen molar-refractivity contribution in [1.82, 2.24) is 20.2 Å². The number of anilines is 1. The van der Waals surface area contributed by atoms with E-state index in [2.05, 4.69) is 32.0 Å². The number of nitrogens with zero attached hydrogens (tertiary/aromatic N) is 5. The van der Waals surface area contributed by atoms with Crippen LogP contribution in [0, 0.1) is 0 Å². The lowest BCUT2D eigenvalue weighted by atomic mass is 10.1. The van der Waals surface area contributed by atoms with Gasteiger partial charge < -0.3 is 19.9 Å². The minimum Gasteiger partial charge on any atom is -0.466 e. The van der Waals surface area contributed by atoms with Gasteiger partial charge in [0.2, 0.25) is 5.95 Å². The maximum atomic E-state index is 11.3. The van der Waals surface area contributed by atoms with E-state index in [4.69, 9.17) is 9.73 Å². The summed E-state index contributed by atoms with van der Waals surface area (Å²) in [5.74, 6) is 1.70. The average molecular weight is 391 g/mol. The molecule has 0 spiro atoms. The first kappa shape index (κ1) is 21.9. The third-order valence-corrected chi connectivity index (χ3v) is 4.60. The zero-order valence-corrected chi connectivity index (χ0v) is 17.3. The SMILES string of the molecule is CCNC(=NCCCCCCC(=O)OCC)N1CCN(c2ncccn2)CC1. The van der Waals surface area contributed by atoms with Crippen LogP contribution >= 0.6 is 0 Å². The van der Waals surface area contributed by atoms with Crippen LogP contribution in [0.3, 0.4) is 0 Å². The van der Waals surface area contributed by atoms with Gasteiger partial charge in [-0.3, -0.25) is 9.79 Å². The second-order valence-corrected chi connectivity index (χ2v) is 6.73. The maximum absolute atomic E-state index is 11.3. The van der Waals surface area contributed by atoms with Gasteiger partial charge in [0, 0.05) is 58.1 Å². The van der Waals surface area contributed by atoms with Gasteiger partial charge in [0.05, 0.1) is 6.61 Å². The first-order valence-electron chi connectivity index (χ1n) is 10.5. The van der Waals surface area contributed by atoms with E-state index in [-0.39, 0.29) is 5.97 Å². The van der Waals surface area contributed by atoms with Gasteiger partial charge in [-0.2, -0.15) is 0 Å². The van der Waals surface area contributed by atoms with Crippen LogP contribution < -0.4 is 10.2 Å². The Morgan fingerprint density at radius 3 is 2.50 bits per heavy atom. The fraction of sp³-hybridized carbons (Fsp3) is 0.700. The predicted octanol–water partition coefficient (Wildman–Crippen LogP) is 2.08. The van der Waals surface area contributed by atoms with Gasteiger partial charge in [-0.1, -0.05) is 12.8 Å². The standard InChI is InChI=1S/C20H34N6O2/c1-3-21-19(22-11-8-6-5-7-10-18(27)28-4-2)25-14-16-26(17-15-25)20-23-12-9-13-24-20/h9,12-13H,3-8,10-11,14-17H2,1-2H3,(H,21,22). The van der Waals surface area contributed by atoms with Crippen molar-refractivity contribution < 1.29 is 9.53 Å². The van der Waals surface area contributed by atoms with Crippen LogP contribution in [0.25, 0.3) is 0 Å². The van der Waals surface area contributed by atoms with E-state index in [1.165, 1.54) is 0 Å². The second-order valence-electron chi connectivity index (χ2n) is 6.73. The van der Waals surface area contributed by atoms with Crippen LogP contribution in [0.4, 0.5) is 5.95 Å². The van der Waals surface area contributed by atoms with E-state index in [0.717, 1.165) is 76.9 Å². The second kappa shape index (κ2) is 12.9. The summed E-state index contributed by atoms with van der Waals surface area (Å²) < 4.78 is 4.95. The number of nitrogens with one attached hydrogen (secondary N) is 1. The largest absolute Gasteiger partial charge is 0.466 e.